The second-order valence-corrected chi connectivity index (χ2v) is 7.77. The molecule has 0 radical (unpaired) electrons. The Morgan fingerprint density at radius 2 is 1.84 bits per heavy atom. The van der Waals surface area contributed by atoms with Gasteiger partial charge >= 0.3 is 6.03 Å². The van der Waals surface area contributed by atoms with Crippen LogP contribution in [0.15, 0.2) is 54.6 Å². The van der Waals surface area contributed by atoms with Gasteiger partial charge in [-0.1, -0.05) is 18.2 Å². The highest BCUT2D eigenvalue weighted by Crippen LogP contribution is 2.26. The third-order valence-corrected chi connectivity index (χ3v) is 5.71. The minimum absolute atomic E-state index is 0.0551. The van der Waals surface area contributed by atoms with Crippen LogP contribution in [-0.2, 0) is 31.4 Å². The lowest BCUT2D eigenvalue weighted by Crippen LogP contribution is -2.39. The zero-order valence-corrected chi connectivity index (χ0v) is 18.5. The van der Waals surface area contributed by atoms with Crippen molar-refractivity contribution < 1.29 is 14.3 Å². The molecule has 166 valence electrons. The number of hydrogen-bond acceptors (Lipinski definition) is 4. The van der Waals surface area contributed by atoms with E-state index in [-0.39, 0.29) is 11.9 Å². The lowest BCUT2D eigenvalue weighted by molar-refractivity contribution is -0.116. The van der Waals surface area contributed by atoms with Crippen molar-refractivity contribution in [1.29, 1.82) is 0 Å². The smallest absolute Gasteiger partial charge is 0.322 e. The van der Waals surface area contributed by atoms with Gasteiger partial charge in [-0.25, -0.2) is 4.79 Å². The number of hydrogen-bond donors (Lipinski definition) is 1. The lowest BCUT2D eigenvalue weighted by Gasteiger charge is -2.28. The van der Waals surface area contributed by atoms with E-state index in [1.54, 1.807) is 23.8 Å². The first-order valence-corrected chi connectivity index (χ1v) is 10.5. The summed E-state index contributed by atoms with van der Waals surface area (Å²) in [6.45, 7) is 2.96. The number of aromatic nitrogens is 2. The molecule has 3 aromatic rings. The molecule has 1 N–H and O–H groups in total. The molecule has 2 aromatic carbocycles. The number of benzene rings is 2. The van der Waals surface area contributed by atoms with Gasteiger partial charge in [-0.15, -0.1) is 0 Å². The van der Waals surface area contributed by atoms with Crippen LogP contribution in [0.25, 0.3) is 0 Å². The van der Waals surface area contributed by atoms with E-state index < -0.39 is 0 Å². The molecule has 1 aliphatic rings. The number of fused-ring (bicyclic) bond motifs is 1. The minimum Gasteiger partial charge on any atom is -0.497 e. The minimum atomic E-state index is -0.165. The summed E-state index contributed by atoms with van der Waals surface area (Å²) < 4.78 is 7.03. The second kappa shape index (κ2) is 9.13. The van der Waals surface area contributed by atoms with Crippen molar-refractivity contribution in [3.05, 3.63) is 71.5 Å². The summed E-state index contributed by atoms with van der Waals surface area (Å²) in [4.78, 5) is 28.7. The Kier molecular flexibility index (Phi) is 6.11. The van der Waals surface area contributed by atoms with Crippen LogP contribution in [0.2, 0.25) is 0 Å². The zero-order valence-electron chi connectivity index (χ0n) is 18.5. The van der Waals surface area contributed by atoms with Gasteiger partial charge in [0.05, 0.1) is 25.9 Å². The number of nitrogens with zero attached hydrogens (tertiary/aromatic N) is 4. The summed E-state index contributed by atoms with van der Waals surface area (Å²) >= 11 is 0. The molecular weight excluding hydrogens is 406 g/mol. The average Bonchev–Trinajstić information content (AvgIpc) is 3.13. The first-order chi connectivity index (χ1) is 15.5. The topological polar surface area (TPSA) is 79.7 Å². The molecule has 4 rings (SSSR count). The van der Waals surface area contributed by atoms with Crippen LogP contribution in [0.4, 0.5) is 16.2 Å². The predicted molar refractivity (Wildman–Crippen MR) is 123 cm³/mol. The number of aryl methyl sites for hydroxylation is 1. The Bertz CT molecular complexity index is 1110. The quantitative estimate of drug-likeness (QED) is 0.667. The van der Waals surface area contributed by atoms with Crippen LogP contribution in [0, 0.1) is 0 Å². The van der Waals surface area contributed by atoms with Crippen LogP contribution in [0.3, 0.4) is 0 Å². The summed E-state index contributed by atoms with van der Waals surface area (Å²) in [6.07, 6.45) is 0.709. The summed E-state index contributed by atoms with van der Waals surface area (Å²) in [7, 11) is 3.52. The Balaban J connectivity index is 1.52. The Labute approximate surface area is 187 Å². The first-order valence-electron chi connectivity index (χ1n) is 10.5. The molecule has 0 saturated carbocycles. The van der Waals surface area contributed by atoms with Crippen LogP contribution >= 0.6 is 0 Å². The molecule has 0 fully saturated rings. The SMILES string of the molecule is COc1ccc(NC(=O)N2CCc3c(c(CN(C(C)=O)c4ccccc4)nn3C)C2)cc1. The summed E-state index contributed by atoms with van der Waals surface area (Å²) in [5.41, 5.74) is 4.45. The summed E-state index contributed by atoms with van der Waals surface area (Å²) in [5.74, 6) is 0.680. The fourth-order valence-electron chi connectivity index (χ4n) is 3.99. The van der Waals surface area contributed by atoms with Gasteiger partial charge < -0.3 is 19.9 Å². The number of para-hydroxylation sites is 1. The molecule has 0 atom stereocenters. The second-order valence-electron chi connectivity index (χ2n) is 7.77. The number of anilines is 2. The first kappa shape index (κ1) is 21.4. The third kappa shape index (κ3) is 4.44. The van der Waals surface area contributed by atoms with Crippen molar-refractivity contribution in [1.82, 2.24) is 14.7 Å². The van der Waals surface area contributed by atoms with Crippen molar-refractivity contribution >= 4 is 23.3 Å². The van der Waals surface area contributed by atoms with Crippen LogP contribution in [-0.4, -0.2) is 40.3 Å². The van der Waals surface area contributed by atoms with Gasteiger partial charge in [-0.3, -0.25) is 9.48 Å². The number of methoxy groups -OCH3 is 1. The predicted octanol–water partition coefficient (Wildman–Crippen LogP) is 3.57. The molecule has 0 spiro atoms. The Morgan fingerprint density at radius 3 is 2.50 bits per heavy atom. The number of ether oxygens (including phenoxy) is 1. The lowest BCUT2D eigenvalue weighted by atomic mass is 10.0. The van der Waals surface area contributed by atoms with Crippen molar-refractivity contribution in [2.45, 2.75) is 26.4 Å². The van der Waals surface area contributed by atoms with E-state index in [1.807, 2.05) is 66.3 Å². The maximum atomic E-state index is 12.9. The largest absolute Gasteiger partial charge is 0.497 e. The monoisotopic (exact) mass is 433 g/mol. The highest BCUT2D eigenvalue weighted by Gasteiger charge is 2.28. The number of amides is 3. The molecule has 0 bridgehead atoms. The van der Waals surface area contributed by atoms with E-state index in [1.165, 1.54) is 0 Å². The van der Waals surface area contributed by atoms with Gasteiger partial charge in [0.25, 0.3) is 0 Å². The highest BCUT2D eigenvalue weighted by molar-refractivity contribution is 5.91. The van der Waals surface area contributed by atoms with E-state index in [0.717, 1.165) is 28.4 Å². The van der Waals surface area contributed by atoms with Crippen LogP contribution in [0.5, 0.6) is 5.75 Å². The fraction of sp³-hybridized carbons (Fsp3) is 0.292. The fourth-order valence-corrected chi connectivity index (χ4v) is 3.99. The van der Waals surface area contributed by atoms with Crippen molar-refractivity contribution in [2.75, 3.05) is 23.9 Å². The number of rotatable bonds is 5. The third-order valence-electron chi connectivity index (χ3n) is 5.71. The summed E-state index contributed by atoms with van der Waals surface area (Å²) in [6, 6.07) is 16.6. The average molecular weight is 434 g/mol. The van der Waals surface area contributed by atoms with Gasteiger partial charge in [-0.05, 0) is 36.4 Å². The molecule has 0 unspecified atom stereocenters. The van der Waals surface area contributed by atoms with Gasteiger partial charge in [0.1, 0.15) is 5.75 Å². The van der Waals surface area contributed by atoms with Crippen molar-refractivity contribution in [3.8, 4) is 5.75 Å². The number of carbonyl (C=O) groups is 2. The molecule has 1 aromatic heterocycles. The highest BCUT2D eigenvalue weighted by atomic mass is 16.5. The maximum absolute atomic E-state index is 12.9. The van der Waals surface area contributed by atoms with Crippen LogP contribution in [0.1, 0.15) is 23.9 Å². The van der Waals surface area contributed by atoms with E-state index in [9.17, 15) is 9.59 Å². The summed E-state index contributed by atoms with van der Waals surface area (Å²) in [5, 5.41) is 7.63. The number of carbonyl (C=O) groups excluding carboxylic acids is 2. The van der Waals surface area contributed by atoms with E-state index in [2.05, 4.69) is 10.4 Å². The van der Waals surface area contributed by atoms with Crippen molar-refractivity contribution in [3.63, 3.8) is 0 Å². The normalized spacial score (nSPS) is 12.8. The molecule has 8 nitrogen and oxygen atoms in total. The molecule has 3 amide bonds. The number of urea groups is 1. The van der Waals surface area contributed by atoms with E-state index in [0.29, 0.717) is 31.7 Å². The van der Waals surface area contributed by atoms with Crippen molar-refractivity contribution in [2.24, 2.45) is 7.05 Å². The molecule has 0 aliphatic carbocycles. The molecule has 32 heavy (non-hydrogen) atoms. The van der Waals surface area contributed by atoms with Gasteiger partial charge in [0.2, 0.25) is 5.91 Å². The van der Waals surface area contributed by atoms with Crippen LogP contribution < -0.4 is 15.0 Å². The molecule has 8 heteroatoms. The maximum Gasteiger partial charge on any atom is 0.322 e. The zero-order chi connectivity index (χ0) is 22.7. The van der Waals surface area contributed by atoms with Gasteiger partial charge in [0.15, 0.2) is 0 Å². The van der Waals surface area contributed by atoms with E-state index in [4.69, 9.17) is 4.74 Å². The Hall–Kier alpha value is -3.81. The van der Waals surface area contributed by atoms with E-state index >= 15 is 0 Å². The number of nitrogens with one attached hydrogen (secondary N) is 1. The van der Waals surface area contributed by atoms with Gasteiger partial charge in [-0.2, -0.15) is 5.10 Å². The Morgan fingerprint density at radius 1 is 1.12 bits per heavy atom. The molecule has 2 heterocycles. The standard InChI is InChI=1S/C24H27N5O3/c1-17(30)29(19-7-5-4-6-8-19)16-22-21-15-28(14-13-23(21)27(2)26-22)24(31)25-18-9-11-20(32-3)12-10-18/h4-12H,13-16H2,1-3H3,(H,25,31). The van der Waals surface area contributed by atoms with Gasteiger partial charge in [0, 0.05) is 49.6 Å². The molecule has 1 aliphatic heterocycles. The molecular formula is C24H27N5O3. The molecule has 0 saturated heterocycles.